The van der Waals surface area contributed by atoms with Crippen molar-refractivity contribution >= 4 is 35.5 Å². The van der Waals surface area contributed by atoms with Crippen LogP contribution in [0.15, 0.2) is 0 Å². The van der Waals surface area contributed by atoms with Gasteiger partial charge in [-0.25, -0.2) is 0 Å². The molecular formula is C5H10NNaO. The number of nitrogens with one attached hydrogen (secondary N) is 1. The minimum absolute atomic E-state index is 0. The topological polar surface area (TPSA) is 29.1 Å². The third-order valence-corrected chi connectivity index (χ3v) is 1.18. The van der Waals surface area contributed by atoms with E-state index in [2.05, 4.69) is 12.2 Å². The van der Waals surface area contributed by atoms with Crippen molar-refractivity contribution in [3.63, 3.8) is 0 Å². The van der Waals surface area contributed by atoms with Crippen LogP contribution in [0, 0.1) is 5.92 Å². The number of rotatable bonds is 0. The SMILES string of the molecule is CC1CNC(=O)C1.[NaH]. The van der Waals surface area contributed by atoms with Gasteiger partial charge in [0.05, 0.1) is 0 Å². The quantitative estimate of drug-likeness (QED) is 0.432. The van der Waals surface area contributed by atoms with E-state index in [-0.39, 0.29) is 35.5 Å². The molecule has 1 saturated heterocycles. The van der Waals surface area contributed by atoms with E-state index in [1.165, 1.54) is 0 Å². The van der Waals surface area contributed by atoms with Gasteiger partial charge in [-0.15, -0.1) is 0 Å². The van der Waals surface area contributed by atoms with Crippen molar-refractivity contribution in [2.75, 3.05) is 6.54 Å². The van der Waals surface area contributed by atoms with Gasteiger partial charge in [0.15, 0.2) is 0 Å². The molecule has 2 nitrogen and oxygen atoms in total. The van der Waals surface area contributed by atoms with Crippen molar-refractivity contribution in [3.8, 4) is 0 Å². The second kappa shape index (κ2) is 3.49. The van der Waals surface area contributed by atoms with Gasteiger partial charge in [-0.2, -0.15) is 0 Å². The zero-order valence-electron chi connectivity index (χ0n) is 4.40. The van der Waals surface area contributed by atoms with Gasteiger partial charge in [-0.1, -0.05) is 6.92 Å². The van der Waals surface area contributed by atoms with Gasteiger partial charge in [0.2, 0.25) is 5.91 Å². The van der Waals surface area contributed by atoms with Crippen LogP contribution in [0.3, 0.4) is 0 Å². The summed E-state index contributed by atoms with van der Waals surface area (Å²) in [7, 11) is 0. The molecule has 0 aromatic rings. The Morgan fingerprint density at radius 1 is 1.75 bits per heavy atom. The summed E-state index contributed by atoms with van der Waals surface area (Å²) in [6, 6.07) is 0. The van der Waals surface area contributed by atoms with Crippen molar-refractivity contribution < 1.29 is 4.79 Å². The van der Waals surface area contributed by atoms with Crippen LogP contribution in [0.4, 0.5) is 0 Å². The third kappa shape index (κ3) is 2.16. The van der Waals surface area contributed by atoms with Crippen molar-refractivity contribution in [3.05, 3.63) is 0 Å². The van der Waals surface area contributed by atoms with Crippen LogP contribution in [-0.2, 0) is 4.79 Å². The number of carbonyl (C=O) groups excluding carboxylic acids is 1. The van der Waals surface area contributed by atoms with Gasteiger partial charge in [0, 0.05) is 13.0 Å². The first-order valence-electron chi connectivity index (χ1n) is 2.56. The summed E-state index contributed by atoms with van der Waals surface area (Å²) in [5.74, 6) is 0.764. The maximum atomic E-state index is 10.3. The molecule has 3 heteroatoms. The first kappa shape index (κ1) is 8.47. The summed E-state index contributed by atoms with van der Waals surface area (Å²) in [6.07, 6.45) is 0.722. The molecule has 1 heterocycles. The van der Waals surface area contributed by atoms with Crippen LogP contribution in [0.1, 0.15) is 13.3 Å². The molecule has 1 amide bonds. The van der Waals surface area contributed by atoms with Crippen LogP contribution in [0.25, 0.3) is 0 Å². The number of carbonyl (C=O) groups is 1. The number of amides is 1. The molecule has 8 heavy (non-hydrogen) atoms. The molecule has 1 fully saturated rings. The molecule has 0 saturated carbocycles. The Labute approximate surface area is 71.3 Å². The van der Waals surface area contributed by atoms with Gasteiger partial charge in [0.1, 0.15) is 0 Å². The normalized spacial score (nSPS) is 26.6. The Balaban J connectivity index is 0.000000490. The molecule has 0 aliphatic carbocycles. The molecule has 1 unspecified atom stereocenters. The van der Waals surface area contributed by atoms with Crippen LogP contribution in [0.2, 0.25) is 0 Å². The molecule has 0 aromatic heterocycles. The van der Waals surface area contributed by atoms with Crippen molar-refractivity contribution in [1.82, 2.24) is 5.32 Å². The van der Waals surface area contributed by atoms with Gasteiger partial charge in [-0.05, 0) is 5.92 Å². The fourth-order valence-corrected chi connectivity index (χ4v) is 0.749. The van der Waals surface area contributed by atoms with E-state index in [1.807, 2.05) is 0 Å². The van der Waals surface area contributed by atoms with Gasteiger partial charge in [-0.3, -0.25) is 4.79 Å². The van der Waals surface area contributed by atoms with E-state index in [0.717, 1.165) is 13.0 Å². The minimum atomic E-state index is 0. The van der Waals surface area contributed by atoms with E-state index in [9.17, 15) is 4.79 Å². The molecule has 42 valence electrons. The summed E-state index contributed by atoms with van der Waals surface area (Å²) in [4.78, 5) is 10.3. The number of hydrogen-bond acceptors (Lipinski definition) is 1. The molecule has 0 spiro atoms. The van der Waals surface area contributed by atoms with E-state index in [0.29, 0.717) is 5.92 Å². The molecule has 0 radical (unpaired) electrons. The van der Waals surface area contributed by atoms with Crippen molar-refractivity contribution in [2.24, 2.45) is 5.92 Å². The van der Waals surface area contributed by atoms with Gasteiger partial charge < -0.3 is 5.32 Å². The Morgan fingerprint density at radius 2 is 2.38 bits per heavy atom. The zero-order chi connectivity index (χ0) is 5.28. The summed E-state index contributed by atoms with van der Waals surface area (Å²) in [5, 5.41) is 2.73. The Kier molecular flexibility index (Phi) is 3.69. The maximum absolute atomic E-state index is 10.3. The van der Waals surface area contributed by atoms with Crippen molar-refractivity contribution in [2.45, 2.75) is 13.3 Å². The van der Waals surface area contributed by atoms with Crippen molar-refractivity contribution in [1.29, 1.82) is 0 Å². The first-order valence-corrected chi connectivity index (χ1v) is 2.56. The molecule has 0 bridgehead atoms. The average molecular weight is 123 g/mol. The van der Waals surface area contributed by atoms with E-state index in [1.54, 1.807) is 0 Å². The number of hydrogen-bond donors (Lipinski definition) is 1. The summed E-state index contributed by atoms with van der Waals surface area (Å²) < 4.78 is 0. The Morgan fingerprint density at radius 3 is 2.50 bits per heavy atom. The van der Waals surface area contributed by atoms with Crippen LogP contribution < -0.4 is 5.32 Å². The summed E-state index contributed by atoms with van der Waals surface area (Å²) in [5.41, 5.74) is 0. The molecule has 1 N–H and O–H groups in total. The molecular weight excluding hydrogens is 113 g/mol. The van der Waals surface area contributed by atoms with Gasteiger partial charge in [0.25, 0.3) is 0 Å². The standard InChI is InChI=1S/C5H9NO.Na.H/c1-4-2-5(7)6-3-4;;/h4H,2-3H2,1H3,(H,6,7);;. The van der Waals surface area contributed by atoms with Crippen LogP contribution >= 0.6 is 0 Å². The zero-order valence-corrected chi connectivity index (χ0v) is 4.40. The predicted octanol–water partition coefficient (Wildman–Crippen LogP) is -0.506. The first-order chi connectivity index (χ1) is 3.29. The molecule has 1 atom stereocenters. The van der Waals surface area contributed by atoms with Crippen LogP contribution in [0.5, 0.6) is 0 Å². The van der Waals surface area contributed by atoms with E-state index >= 15 is 0 Å². The van der Waals surface area contributed by atoms with E-state index in [4.69, 9.17) is 0 Å². The Hall–Kier alpha value is 0.470. The molecule has 1 rings (SSSR count). The molecule has 1 aliphatic rings. The fourth-order valence-electron chi connectivity index (χ4n) is 0.749. The van der Waals surface area contributed by atoms with Crippen LogP contribution in [-0.4, -0.2) is 42.0 Å². The Bertz CT molecular complexity index is 94.4. The predicted molar refractivity (Wildman–Crippen MR) is 33.9 cm³/mol. The average Bonchev–Trinajstić information content (AvgIpc) is 1.87. The monoisotopic (exact) mass is 123 g/mol. The summed E-state index contributed by atoms with van der Waals surface area (Å²) >= 11 is 0. The second-order valence-electron chi connectivity index (χ2n) is 2.11. The summed E-state index contributed by atoms with van der Waals surface area (Å²) in [6.45, 7) is 2.94. The van der Waals surface area contributed by atoms with Gasteiger partial charge >= 0.3 is 29.6 Å². The molecule has 1 aliphatic heterocycles. The molecule has 0 aromatic carbocycles. The second-order valence-corrected chi connectivity index (χ2v) is 2.11. The third-order valence-electron chi connectivity index (χ3n) is 1.18. The van der Waals surface area contributed by atoms with E-state index < -0.39 is 0 Å². The fraction of sp³-hybridized carbons (Fsp3) is 0.800.